The SMILES string of the molecule is CON(C)C(=O)C1CCCN1C(=O)OC(=O)[C@H]1CCCN1C(=O)OC(C)(C)C. The van der Waals surface area contributed by atoms with Gasteiger partial charge in [-0.2, -0.15) is 0 Å². The van der Waals surface area contributed by atoms with Gasteiger partial charge in [-0.05, 0) is 46.5 Å². The summed E-state index contributed by atoms with van der Waals surface area (Å²) in [5, 5.41) is 1.04. The van der Waals surface area contributed by atoms with Crippen molar-refractivity contribution in [2.24, 2.45) is 0 Å². The Hall–Kier alpha value is -2.36. The highest BCUT2D eigenvalue weighted by Gasteiger charge is 2.42. The van der Waals surface area contributed by atoms with Crippen LogP contribution in [0.2, 0.25) is 0 Å². The van der Waals surface area contributed by atoms with Crippen molar-refractivity contribution in [3.8, 4) is 0 Å². The van der Waals surface area contributed by atoms with Crippen molar-refractivity contribution in [2.75, 3.05) is 27.2 Å². The summed E-state index contributed by atoms with van der Waals surface area (Å²) in [6.45, 7) is 5.87. The lowest BCUT2D eigenvalue weighted by Gasteiger charge is -2.28. The fraction of sp³-hybridized carbons (Fsp3) is 0.778. The molecule has 0 aromatic rings. The average molecular weight is 399 g/mol. The topological polar surface area (TPSA) is 106 Å². The van der Waals surface area contributed by atoms with E-state index in [4.69, 9.17) is 14.3 Å². The Morgan fingerprint density at radius 1 is 0.929 bits per heavy atom. The molecule has 10 nitrogen and oxygen atoms in total. The highest BCUT2D eigenvalue weighted by Crippen LogP contribution is 2.24. The number of nitrogens with zero attached hydrogens (tertiary/aromatic N) is 3. The molecule has 0 saturated carbocycles. The second-order valence-corrected chi connectivity index (χ2v) is 7.89. The van der Waals surface area contributed by atoms with Gasteiger partial charge >= 0.3 is 18.2 Å². The Labute approximate surface area is 164 Å². The van der Waals surface area contributed by atoms with Gasteiger partial charge in [0.1, 0.15) is 17.7 Å². The van der Waals surface area contributed by atoms with E-state index in [1.807, 2.05) is 0 Å². The minimum Gasteiger partial charge on any atom is -0.444 e. The molecule has 0 bridgehead atoms. The van der Waals surface area contributed by atoms with Crippen molar-refractivity contribution in [1.82, 2.24) is 14.9 Å². The average Bonchev–Trinajstić information content (AvgIpc) is 3.27. The molecule has 0 spiro atoms. The third kappa shape index (κ3) is 5.12. The molecule has 0 aliphatic carbocycles. The number of carbonyl (C=O) groups excluding carboxylic acids is 4. The van der Waals surface area contributed by atoms with Crippen molar-refractivity contribution in [1.29, 1.82) is 0 Å². The number of likely N-dealkylation sites (N-methyl/N-ethyl adjacent to an activating group) is 1. The summed E-state index contributed by atoms with van der Waals surface area (Å²) in [6.07, 6.45) is 0.571. The number of esters is 1. The molecular formula is C18H29N3O7. The first kappa shape index (κ1) is 21.9. The lowest BCUT2D eigenvalue weighted by atomic mass is 10.2. The molecule has 10 heteroatoms. The van der Waals surface area contributed by atoms with Gasteiger partial charge in [-0.1, -0.05) is 0 Å². The molecule has 28 heavy (non-hydrogen) atoms. The van der Waals surface area contributed by atoms with Crippen LogP contribution in [0.5, 0.6) is 0 Å². The smallest absolute Gasteiger partial charge is 0.418 e. The Morgan fingerprint density at radius 3 is 2.00 bits per heavy atom. The third-order valence-corrected chi connectivity index (χ3v) is 4.70. The summed E-state index contributed by atoms with van der Waals surface area (Å²) in [6, 6.07) is -1.62. The summed E-state index contributed by atoms with van der Waals surface area (Å²) in [7, 11) is 2.80. The van der Waals surface area contributed by atoms with Crippen LogP contribution in [0.1, 0.15) is 46.5 Å². The normalized spacial score (nSPS) is 22.2. The second kappa shape index (κ2) is 8.76. The molecule has 0 N–H and O–H groups in total. The number of hydrogen-bond donors (Lipinski definition) is 0. The van der Waals surface area contributed by atoms with E-state index in [2.05, 4.69) is 0 Å². The van der Waals surface area contributed by atoms with E-state index < -0.39 is 35.8 Å². The third-order valence-electron chi connectivity index (χ3n) is 4.70. The lowest BCUT2D eigenvalue weighted by Crippen LogP contribution is -2.49. The maximum Gasteiger partial charge on any atom is 0.418 e. The number of ether oxygens (including phenoxy) is 2. The van der Waals surface area contributed by atoms with Crippen LogP contribution >= 0.6 is 0 Å². The number of likely N-dealkylation sites (tertiary alicyclic amines) is 2. The Balaban J connectivity index is 2.00. The van der Waals surface area contributed by atoms with Crippen LogP contribution < -0.4 is 0 Å². The van der Waals surface area contributed by atoms with Gasteiger partial charge in [0, 0.05) is 20.1 Å². The van der Waals surface area contributed by atoms with Gasteiger partial charge in [0.05, 0.1) is 7.11 Å². The highest BCUT2D eigenvalue weighted by molar-refractivity contribution is 5.92. The zero-order valence-corrected chi connectivity index (χ0v) is 17.1. The van der Waals surface area contributed by atoms with Gasteiger partial charge in [-0.15, -0.1) is 0 Å². The number of hydrogen-bond acceptors (Lipinski definition) is 7. The predicted octanol–water partition coefficient (Wildman–Crippen LogP) is 1.53. The lowest BCUT2D eigenvalue weighted by molar-refractivity contribution is -0.173. The Morgan fingerprint density at radius 2 is 1.46 bits per heavy atom. The zero-order chi connectivity index (χ0) is 21.1. The molecule has 2 atom stereocenters. The van der Waals surface area contributed by atoms with Crippen molar-refractivity contribution < 1.29 is 33.5 Å². The van der Waals surface area contributed by atoms with Crippen LogP contribution in [0.25, 0.3) is 0 Å². The van der Waals surface area contributed by atoms with Crippen LogP contribution in [-0.2, 0) is 23.9 Å². The van der Waals surface area contributed by atoms with Crippen molar-refractivity contribution in [3.63, 3.8) is 0 Å². The van der Waals surface area contributed by atoms with Crippen LogP contribution in [0.3, 0.4) is 0 Å². The molecule has 2 saturated heterocycles. The quantitative estimate of drug-likeness (QED) is 0.402. The second-order valence-electron chi connectivity index (χ2n) is 7.89. The number of hydroxylamine groups is 2. The standard InChI is InChI=1S/C18H29N3O7/c1-18(2,3)28-17(25)21-11-7-9-13(21)15(23)27-16(24)20-10-6-8-12(20)14(22)19(4)26-5/h12-13H,6-11H2,1-5H3/t12?,13-/m1/s1. The van der Waals surface area contributed by atoms with Gasteiger partial charge in [0.15, 0.2) is 0 Å². The molecule has 2 aliphatic heterocycles. The maximum atomic E-state index is 12.5. The van der Waals surface area contributed by atoms with E-state index in [-0.39, 0.29) is 5.91 Å². The van der Waals surface area contributed by atoms with E-state index in [1.165, 1.54) is 24.0 Å². The minimum atomic E-state index is -0.888. The Kier molecular flexibility index (Phi) is 6.87. The molecule has 3 amide bonds. The molecule has 2 fully saturated rings. The van der Waals surface area contributed by atoms with E-state index in [9.17, 15) is 19.2 Å². The molecule has 2 rings (SSSR count). The van der Waals surface area contributed by atoms with Gasteiger partial charge < -0.3 is 9.47 Å². The summed E-state index contributed by atoms with van der Waals surface area (Å²) in [5.74, 6) is -1.20. The van der Waals surface area contributed by atoms with Crippen LogP contribution in [0.4, 0.5) is 9.59 Å². The summed E-state index contributed by atoms with van der Waals surface area (Å²) in [5.41, 5.74) is -0.694. The van der Waals surface area contributed by atoms with Gasteiger partial charge in [0.25, 0.3) is 5.91 Å². The van der Waals surface area contributed by atoms with Gasteiger partial charge in [-0.3, -0.25) is 19.4 Å². The molecule has 1 unspecified atom stereocenters. The molecular weight excluding hydrogens is 370 g/mol. The summed E-state index contributed by atoms with van der Waals surface area (Å²) >= 11 is 0. The van der Waals surface area contributed by atoms with Gasteiger partial charge in [0.2, 0.25) is 0 Å². The first-order valence-electron chi connectivity index (χ1n) is 9.38. The van der Waals surface area contributed by atoms with Crippen molar-refractivity contribution in [2.45, 2.75) is 64.1 Å². The monoisotopic (exact) mass is 399 g/mol. The van der Waals surface area contributed by atoms with E-state index in [0.29, 0.717) is 38.8 Å². The highest BCUT2D eigenvalue weighted by atomic mass is 16.7. The number of amides is 3. The van der Waals surface area contributed by atoms with Crippen molar-refractivity contribution in [3.05, 3.63) is 0 Å². The molecule has 158 valence electrons. The van der Waals surface area contributed by atoms with Crippen LogP contribution in [-0.4, -0.2) is 83.9 Å². The molecule has 2 heterocycles. The fourth-order valence-corrected chi connectivity index (χ4v) is 3.31. The number of rotatable bonds is 3. The maximum absolute atomic E-state index is 12.5. The first-order valence-corrected chi connectivity index (χ1v) is 9.38. The summed E-state index contributed by atoms with van der Waals surface area (Å²) < 4.78 is 10.3. The van der Waals surface area contributed by atoms with Crippen LogP contribution in [0.15, 0.2) is 0 Å². The zero-order valence-electron chi connectivity index (χ0n) is 17.1. The largest absolute Gasteiger partial charge is 0.444 e. The molecule has 2 aliphatic rings. The van der Waals surface area contributed by atoms with E-state index in [0.717, 1.165) is 5.06 Å². The predicted molar refractivity (Wildman–Crippen MR) is 97.0 cm³/mol. The first-order chi connectivity index (χ1) is 13.0. The summed E-state index contributed by atoms with van der Waals surface area (Å²) in [4.78, 5) is 57.0. The number of carbonyl (C=O) groups is 4. The molecule has 0 radical (unpaired) electrons. The van der Waals surface area contributed by atoms with Crippen LogP contribution in [0, 0.1) is 0 Å². The Bertz CT molecular complexity index is 631. The van der Waals surface area contributed by atoms with Crippen molar-refractivity contribution >= 4 is 24.1 Å². The minimum absolute atomic E-state index is 0.306. The van der Waals surface area contributed by atoms with Gasteiger partial charge in [-0.25, -0.2) is 19.4 Å². The van der Waals surface area contributed by atoms with E-state index in [1.54, 1.807) is 20.8 Å². The van der Waals surface area contributed by atoms with E-state index >= 15 is 0 Å². The molecule has 0 aromatic heterocycles. The molecule has 0 aromatic carbocycles. The fourth-order valence-electron chi connectivity index (χ4n) is 3.31.